The van der Waals surface area contributed by atoms with Gasteiger partial charge in [-0.25, -0.2) is 0 Å². The van der Waals surface area contributed by atoms with Gasteiger partial charge in [-0.15, -0.1) is 0 Å². The fourth-order valence-corrected chi connectivity index (χ4v) is 3.58. The number of aromatic nitrogens is 2. The Kier molecular flexibility index (Phi) is 3.73. The highest BCUT2D eigenvalue weighted by molar-refractivity contribution is 9.10. The number of aliphatic hydroxyl groups excluding tert-OH is 1. The average molecular weight is 339 g/mol. The van der Waals surface area contributed by atoms with E-state index in [9.17, 15) is 5.11 Å². The lowest BCUT2D eigenvalue weighted by Gasteiger charge is -2.33. The van der Waals surface area contributed by atoms with Gasteiger partial charge < -0.3 is 9.84 Å². The van der Waals surface area contributed by atoms with Crippen LogP contribution in [0.15, 0.2) is 22.8 Å². The summed E-state index contributed by atoms with van der Waals surface area (Å²) in [6, 6.07) is 4.25. The highest BCUT2D eigenvalue weighted by atomic mass is 79.9. The van der Waals surface area contributed by atoms with Crippen molar-refractivity contribution in [3.8, 4) is 5.75 Å². The quantitative estimate of drug-likeness (QED) is 0.911. The van der Waals surface area contributed by atoms with Crippen molar-refractivity contribution in [1.29, 1.82) is 0 Å². The Bertz CT molecular complexity index is 626. The maximum Gasteiger partial charge on any atom is 0.135 e. The van der Waals surface area contributed by atoms with Gasteiger partial charge in [-0.3, -0.25) is 4.68 Å². The summed E-state index contributed by atoms with van der Waals surface area (Å²) in [6.45, 7) is 2.11. The molecule has 1 aliphatic carbocycles. The molecule has 3 atom stereocenters. The molecular formula is C15H19BrN2O2. The SMILES string of the molecule is COc1cc2nn([C@H]3CCC[C@H](O)[C@@H]3C)cc2cc1Br. The molecule has 1 aromatic heterocycles. The van der Waals surface area contributed by atoms with Crippen molar-refractivity contribution in [3.63, 3.8) is 0 Å². The molecule has 0 spiro atoms. The minimum atomic E-state index is -0.220. The van der Waals surface area contributed by atoms with Crippen LogP contribution in [-0.2, 0) is 0 Å². The molecule has 108 valence electrons. The summed E-state index contributed by atoms with van der Waals surface area (Å²) in [5.74, 6) is 1.03. The van der Waals surface area contributed by atoms with E-state index in [-0.39, 0.29) is 18.1 Å². The van der Waals surface area contributed by atoms with E-state index in [4.69, 9.17) is 4.74 Å². The average Bonchev–Trinajstić information content (AvgIpc) is 2.83. The number of nitrogens with zero attached hydrogens (tertiary/aromatic N) is 2. The molecule has 20 heavy (non-hydrogen) atoms. The summed E-state index contributed by atoms with van der Waals surface area (Å²) in [5, 5.41) is 15.8. The molecule has 1 saturated carbocycles. The lowest BCUT2D eigenvalue weighted by Crippen LogP contribution is -2.32. The normalized spacial score (nSPS) is 26.9. The Morgan fingerprint density at radius 3 is 2.95 bits per heavy atom. The Labute approximate surface area is 126 Å². The summed E-state index contributed by atoms with van der Waals surface area (Å²) < 4.78 is 8.26. The minimum Gasteiger partial charge on any atom is -0.495 e. The third kappa shape index (κ3) is 2.33. The number of halogens is 1. The lowest BCUT2D eigenvalue weighted by atomic mass is 9.83. The van der Waals surface area contributed by atoms with E-state index in [1.54, 1.807) is 7.11 Å². The Morgan fingerprint density at radius 2 is 2.20 bits per heavy atom. The first-order chi connectivity index (χ1) is 9.60. The summed E-state index contributed by atoms with van der Waals surface area (Å²) in [5.41, 5.74) is 0.928. The van der Waals surface area contributed by atoms with Crippen LogP contribution < -0.4 is 4.74 Å². The molecule has 1 aliphatic rings. The van der Waals surface area contributed by atoms with Gasteiger partial charge >= 0.3 is 0 Å². The van der Waals surface area contributed by atoms with Crippen LogP contribution in [0, 0.1) is 5.92 Å². The van der Waals surface area contributed by atoms with Crippen LogP contribution in [0.1, 0.15) is 32.2 Å². The predicted octanol–water partition coefficient (Wildman–Crippen LogP) is 3.53. The van der Waals surface area contributed by atoms with Crippen LogP contribution in [0.4, 0.5) is 0 Å². The Hall–Kier alpha value is -1.07. The molecule has 1 heterocycles. The zero-order valence-electron chi connectivity index (χ0n) is 11.7. The molecule has 0 aliphatic heterocycles. The third-order valence-electron chi connectivity index (χ3n) is 4.35. The van der Waals surface area contributed by atoms with Crippen LogP contribution in [0.3, 0.4) is 0 Å². The number of methoxy groups -OCH3 is 1. The molecule has 1 aromatic carbocycles. The van der Waals surface area contributed by atoms with Gasteiger partial charge in [0.15, 0.2) is 0 Å². The zero-order chi connectivity index (χ0) is 14.3. The zero-order valence-corrected chi connectivity index (χ0v) is 13.3. The molecule has 4 nitrogen and oxygen atoms in total. The fraction of sp³-hybridized carbons (Fsp3) is 0.533. The molecule has 1 fully saturated rings. The molecule has 2 aromatic rings. The van der Waals surface area contributed by atoms with Crippen molar-refractivity contribution in [1.82, 2.24) is 9.78 Å². The first kappa shape index (κ1) is 13.9. The van der Waals surface area contributed by atoms with E-state index < -0.39 is 0 Å². The third-order valence-corrected chi connectivity index (χ3v) is 4.97. The first-order valence-corrected chi connectivity index (χ1v) is 7.80. The minimum absolute atomic E-state index is 0.220. The molecule has 1 N–H and O–H groups in total. The number of ether oxygens (including phenoxy) is 1. The molecule has 0 unspecified atom stereocenters. The Morgan fingerprint density at radius 1 is 1.40 bits per heavy atom. The van der Waals surface area contributed by atoms with Crippen LogP contribution in [0.25, 0.3) is 10.9 Å². The number of fused-ring (bicyclic) bond motifs is 1. The van der Waals surface area contributed by atoms with E-state index >= 15 is 0 Å². The van der Waals surface area contributed by atoms with Crippen molar-refractivity contribution in [2.24, 2.45) is 5.92 Å². The monoisotopic (exact) mass is 338 g/mol. The topological polar surface area (TPSA) is 47.3 Å². The fourth-order valence-electron chi connectivity index (χ4n) is 3.06. The van der Waals surface area contributed by atoms with Gasteiger partial charge in [0.25, 0.3) is 0 Å². The summed E-state index contributed by atoms with van der Waals surface area (Å²) in [7, 11) is 1.66. The van der Waals surface area contributed by atoms with E-state index in [1.807, 2.05) is 16.8 Å². The van der Waals surface area contributed by atoms with Crippen molar-refractivity contribution in [2.45, 2.75) is 38.3 Å². The van der Waals surface area contributed by atoms with Crippen molar-refractivity contribution in [2.75, 3.05) is 7.11 Å². The van der Waals surface area contributed by atoms with Gasteiger partial charge in [0.2, 0.25) is 0 Å². The number of benzene rings is 1. The Balaban J connectivity index is 2.00. The molecule has 5 heteroatoms. The highest BCUT2D eigenvalue weighted by Gasteiger charge is 2.30. The summed E-state index contributed by atoms with van der Waals surface area (Å²) in [6.07, 6.45) is 4.88. The number of rotatable bonds is 2. The number of aliphatic hydroxyl groups is 1. The van der Waals surface area contributed by atoms with Crippen molar-refractivity contribution < 1.29 is 9.84 Å². The van der Waals surface area contributed by atoms with Crippen molar-refractivity contribution in [3.05, 3.63) is 22.8 Å². The maximum absolute atomic E-state index is 10.0. The van der Waals surface area contributed by atoms with E-state index in [0.29, 0.717) is 0 Å². The van der Waals surface area contributed by atoms with Gasteiger partial charge in [-0.1, -0.05) is 6.92 Å². The van der Waals surface area contributed by atoms with Crippen LogP contribution >= 0.6 is 15.9 Å². The molecule has 0 bridgehead atoms. The van der Waals surface area contributed by atoms with Crippen molar-refractivity contribution >= 4 is 26.8 Å². The predicted molar refractivity (Wildman–Crippen MR) is 82.0 cm³/mol. The molecule has 3 rings (SSSR count). The van der Waals surface area contributed by atoms with Crippen LogP contribution in [0.5, 0.6) is 5.75 Å². The largest absolute Gasteiger partial charge is 0.495 e. The second-order valence-electron chi connectivity index (χ2n) is 5.58. The second-order valence-corrected chi connectivity index (χ2v) is 6.43. The first-order valence-electron chi connectivity index (χ1n) is 7.00. The standard InChI is InChI=1S/C15H19BrN2O2/c1-9-13(4-3-5-14(9)19)18-8-10-6-11(16)15(20-2)7-12(10)17-18/h6-9,13-14,19H,3-5H2,1-2H3/t9-,13+,14+/m1/s1. The number of hydrogen-bond donors (Lipinski definition) is 1. The van der Waals surface area contributed by atoms with Gasteiger partial charge in [0.1, 0.15) is 5.75 Å². The summed E-state index contributed by atoms with van der Waals surface area (Å²) in [4.78, 5) is 0. The van der Waals surface area contributed by atoms with Gasteiger partial charge in [-0.05, 0) is 41.3 Å². The van der Waals surface area contributed by atoms with Gasteiger partial charge in [0, 0.05) is 23.6 Å². The van der Waals surface area contributed by atoms with E-state index in [2.05, 4.69) is 34.1 Å². The van der Waals surface area contributed by atoms with Crippen LogP contribution in [0.2, 0.25) is 0 Å². The lowest BCUT2D eigenvalue weighted by molar-refractivity contribution is 0.0430. The van der Waals surface area contributed by atoms with Gasteiger partial charge in [-0.2, -0.15) is 5.10 Å². The number of hydrogen-bond acceptors (Lipinski definition) is 3. The van der Waals surface area contributed by atoms with Gasteiger partial charge in [0.05, 0.1) is 29.2 Å². The molecule has 0 amide bonds. The van der Waals surface area contributed by atoms with E-state index in [0.717, 1.165) is 40.4 Å². The molecular weight excluding hydrogens is 320 g/mol. The van der Waals surface area contributed by atoms with E-state index in [1.165, 1.54) is 0 Å². The summed E-state index contributed by atoms with van der Waals surface area (Å²) >= 11 is 3.50. The highest BCUT2D eigenvalue weighted by Crippen LogP contribution is 2.35. The molecule has 0 saturated heterocycles. The van der Waals surface area contributed by atoms with Crippen LogP contribution in [-0.4, -0.2) is 28.1 Å². The smallest absolute Gasteiger partial charge is 0.135 e. The molecule has 0 radical (unpaired) electrons. The maximum atomic E-state index is 10.0. The second kappa shape index (κ2) is 5.37.